The molecule has 0 saturated carbocycles. The summed E-state index contributed by atoms with van der Waals surface area (Å²) in [4.78, 5) is 5.03. The minimum absolute atomic E-state index is 0.298. The van der Waals surface area contributed by atoms with E-state index in [1.54, 1.807) is 5.20 Å². The van der Waals surface area contributed by atoms with Crippen LogP contribution >= 0.6 is 0 Å². The predicted molar refractivity (Wildman–Crippen MR) is 82.3 cm³/mol. The van der Waals surface area contributed by atoms with Crippen LogP contribution in [0.1, 0.15) is 48.5 Å². The molecule has 0 fully saturated rings. The van der Waals surface area contributed by atoms with Crippen LogP contribution in [0.2, 0.25) is 0 Å². The molecule has 0 bridgehead atoms. The van der Waals surface area contributed by atoms with E-state index in [4.69, 9.17) is 0 Å². The van der Waals surface area contributed by atoms with Crippen molar-refractivity contribution in [3.05, 3.63) is 11.0 Å². The summed E-state index contributed by atoms with van der Waals surface area (Å²) in [5, 5.41) is 1.63. The maximum atomic E-state index is 2.51. The van der Waals surface area contributed by atoms with E-state index in [0.717, 1.165) is 36.4 Å². The second-order valence-electron chi connectivity index (χ2n) is 5.54. The monoisotopic (exact) mass is 256 g/mol. The first-order valence-corrected chi connectivity index (χ1v) is 8.04. The molecule has 0 atom stereocenters. The van der Waals surface area contributed by atoms with Gasteiger partial charge in [-0.05, 0) is 38.3 Å². The Morgan fingerprint density at radius 3 is 1.29 bits per heavy atom. The Labute approximate surface area is 111 Å². The molecule has 0 amide bonds. The van der Waals surface area contributed by atoms with E-state index in [0.29, 0.717) is 5.41 Å². The van der Waals surface area contributed by atoms with Crippen LogP contribution in [0.15, 0.2) is 11.0 Å². The molecule has 0 heterocycles. The van der Waals surface area contributed by atoms with Gasteiger partial charge in [0, 0.05) is 36.4 Å². The SMILES string of the molecule is CCN(CC)C(=C([SiH3])C(C)(C)C)N(CC)CC. The van der Waals surface area contributed by atoms with Crippen LogP contribution in [0.4, 0.5) is 0 Å². The van der Waals surface area contributed by atoms with Gasteiger partial charge in [-0.3, -0.25) is 0 Å². The third-order valence-electron chi connectivity index (χ3n) is 3.59. The number of allylic oxidation sites excluding steroid dienone is 1. The quantitative estimate of drug-likeness (QED) is 0.673. The van der Waals surface area contributed by atoms with Gasteiger partial charge in [0.1, 0.15) is 0 Å². The summed E-state index contributed by atoms with van der Waals surface area (Å²) in [7, 11) is 1.14. The second-order valence-corrected chi connectivity index (χ2v) is 6.54. The molecule has 0 radical (unpaired) electrons. The van der Waals surface area contributed by atoms with Gasteiger partial charge in [0.15, 0.2) is 0 Å². The van der Waals surface area contributed by atoms with Gasteiger partial charge < -0.3 is 9.80 Å². The van der Waals surface area contributed by atoms with Crippen LogP contribution in [-0.2, 0) is 0 Å². The van der Waals surface area contributed by atoms with Crippen molar-refractivity contribution in [1.82, 2.24) is 9.80 Å². The van der Waals surface area contributed by atoms with Gasteiger partial charge in [0.25, 0.3) is 0 Å². The molecule has 0 aliphatic rings. The molecule has 0 aromatic heterocycles. The largest absolute Gasteiger partial charge is 0.359 e. The van der Waals surface area contributed by atoms with Crippen molar-refractivity contribution >= 4 is 10.2 Å². The van der Waals surface area contributed by atoms with Crippen LogP contribution < -0.4 is 0 Å². The normalized spacial score (nSPS) is 11.5. The Morgan fingerprint density at radius 2 is 1.12 bits per heavy atom. The fraction of sp³-hybridized carbons (Fsp3) is 0.857. The van der Waals surface area contributed by atoms with Crippen LogP contribution in [0.25, 0.3) is 0 Å². The summed E-state index contributed by atoms with van der Waals surface area (Å²) >= 11 is 0. The minimum atomic E-state index is 0.298. The highest BCUT2D eigenvalue weighted by molar-refractivity contribution is 6.22. The number of rotatable bonds is 6. The molecule has 0 aliphatic heterocycles. The highest BCUT2D eigenvalue weighted by Crippen LogP contribution is 2.28. The topological polar surface area (TPSA) is 6.48 Å². The van der Waals surface area contributed by atoms with E-state index in [9.17, 15) is 0 Å². The number of nitrogens with zero attached hydrogens (tertiary/aromatic N) is 2. The zero-order valence-corrected chi connectivity index (χ0v) is 15.2. The fourth-order valence-corrected chi connectivity index (χ4v) is 2.69. The highest BCUT2D eigenvalue weighted by atomic mass is 28.1. The van der Waals surface area contributed by atoms with Gasteiger partial charge in [-0.2, -0.15) is 0 Å². The second kappa shape index (κ2) is 7.09. The third-order valence-corrected chi connectivity index (χ3v) is 5.53. The van der Waals surface area contributed by atoms with Crippen LogP contribution in [0, 0.1) is 5.41 Å². The summed E-state index contributed by atoms with van der Waals surface area (Å²) in [6.07, 6.45) is 0. The van der Waals surface area contributed by atoms with E-state index in [-0.39, 0.29) is 0 Å². The lowest BCUT2D eigenvalue weighted by Gasteiger charge is -2.38. The Morgan fingerprint density at radius 1 is 0.824 bits per heavy atom. The van der Waals surface area contributed by atoms with Crippen LogP contribution in [-0.4, -0.2) is 46.2 Å². The lowest BCUT2D eigenvalue weighted by molar-refractivity contribution is 0.225. The van der Waals surface area contributed by atoms with Gasteiger partial charge in [0.2, 0.25) is 0 Å². The van der Waals surface area contributed by atoms with E-state index < -0.39 is 0 Å². The molecule has 3 heteroatoms. The average molecular weight is 257 g/mol. The first kappa shape index (κ1) is 16.6. The fourth-order valence-electron chi connectivity index (χ4n) is 2.06. The molecular formula is C14H32N2Si. The molecule has 2 nitrogen and oxygen atoms in total. The van der Waals surface area contributed by atoms with E-state index >= 15 is 0 Å². The van der Waals surface area contributed by atoms with Crippen molar-refractivity contribution in [2.24, 2.45) is 5.41 Å². The van der Waals surface area contributed by atoms with E-state index in [1.165, 1.54) is 5.82 Å². The van der Waals surface area contributed by atoms with E-state index in [2.05, 4.69) is 58.3 Å². The highest BCUT2D eigenvalue weighted by Gasteiger charge is 2.22. The molecule has 0 saturated heterocycles. The summed E-state index contributed by atoms with van der Waals surface area (Å²) in [6, 6.07) is 0. The van der Waals surface area contributed by atoms with Crippen molar-refractivity contribution in [3.8, 4) is 0 Å². The lowest BCUT2D eigenvalue weighted by Crippen LogP contribution is -2.38. The summed E-state index contributed by atoms with van der Waals surface area (Å²) < 4.78 is 0. The zero-order valence-electron chi connectivity index (χ0n) is 13.2. The maximum absolute atomic E-state index is 2.51. The summed E-state index contributed by atoms with van der Waals surface area (Å²) in [5.74, 6) is 1.50. The molecule has 17 heavy (non-hydrogen) atoms. The lowest BCUT2D eigenvalue weighted by atomic mass is 9.95. The number of hydrogen-bond acceptors (Lipinski definition) is 2. The van der Waals surface area contributed by atoms with Gasteiger partial charge >= 0.3 is 0 Å². The Balaban J connectivity index is 5.52. The molecule has 0 rings (SSSR count). The molecule has 0 aromatic carbocycles. The third kappa shape index (κ3) is 4.38. The van der Waals surface area contributed by atoms with Gasteiger partial charge in [0.05, 0.1) is 5.82 Å². The average Bonchev–Trinajstić information content (AvgIpc) is 2.27. The Kier molecular flexibility index (Phi) is 6.91. The van der Waals surface area contributed by atoms with E-state index in [1.807, 2.05) is 0 Å². The Hall–Kier alpha value is -0.443. The zero-order chi connectivity index (χ0) is 13.6. The molecule has 102 valence electrons. The molecule has 0 unspecified atom stereocenters. The van der Waals surface area contributed by atoms with Crippen molar-refractivity contribution in [1.29, 1.82) is 0 Å². The molecule has 0 aromatic rings. The minimum Gasteiger partial charge on any atom is -0.359 e. The molecule has 0 N–H and O–H groups in total. The number of hydrogen-bond donors (Lipinski definition) is 0. The van der Waals surface area contributed by atoms with Crippen LogP contribution in [0.5, 0.6) is 0 Å². The van der Waals surface area contributed by atoms with Gasteiger partial charge in [-0.1, -0.05) is 20.8 Å². The molecule has 0 aliphatic carbocycles. The van der Waals surface area contributed by atoms with Crippen molar-refractivity contribution < 1.29 is 0 Å². The summed E-state index contributed by atoms with van der Waals surface area (Å²) in [6.45, 7) is 20.4. The van der Waals surface area contributed by atoms with Crippen molar-refractivity contribution in [2.45, 2.75) is 48.5 Å². The Bertz CT molecular complexity index is 231. The van der Waals surface area contributed by atoms with Crippen molar-refractivity contribution in [2.75, 3.05) is 26.2 Å². The first-order chi connectivity index (χ1) is 7.83. The maximum Gasteiger partial charge on any atom is 0.0985 e. The van der Waals surface area contributed by atoms with Gasteiger partial charge in [-0.25, -0.2) is 0 Å². The first-order valence-electron chi connectivity index (χ1n) is 7.04. The predicted octanol–water partition coefficient (Wildman–Crippen LogP) is 2.25. The van der Waals surface area contributed by atoms with Crippen LogP contribution in [0.3, 0.4) is 0 Å². The molecular weight excluding hydrogens is 224 g/mol. The smallest absolute Gasteiger partial charge is 0.0985 e. The standard InChI is InChI=1S/C14H32N2Si/c1-8-15(9-2)13(16(10-3)11-4)12(17)14(5,6)7/h8-11H2,1-7,17H3. The molecule has 0 spiro atoms. The van der Waals surface area contributed by atoms with Gasteiger partial charge in [-0.15, -0.1) is 0 Å². The van der Waals surface area contributed by atoms with Crippen molar-refractivity contribution in [3.63, 3.8) is 0 Å². The summed E-state index contributed by atoms with van der Waals surface area (Å²) in [5.41, 5.74) is 0.298.